The van der Waals surface area contributed by atoms with Gasteiger partial charge in [0.25, 0.3) is 0 Å². The fourth-order valence-electron chi connectivity index (χ4n) is 4.86. The first-order valence-corrected chi connectivity index (χ1v) is 13.5. The molecule has 2 amide bonds. The number of unbranched alkanes of at least 4 members (excludes halogenated alkanes) is 1. The molecule has 0 bridgehead atoms. The lowest BCUT2D eigenvalue weighted by Gasteiger charge is -2.30. The number of hydrogen-bond donors (Lipinski definition) is 2. The Bertz CT molecular complexity index is 1020. The second-order valence-corrected chi connectivity index (χ2v) is 10.0. The molecule has 1 saturated carbocycles. The van der Waals surface area contributed by atoms with Crippen molar-refractivity contribution in [2.75, 3.05) is 19.7 Å². The number of carbonyl (C=O) groups is 2. The molecule has 1 fully saturated rings. The Kier molecular flexibility index (Phi) is 11.4. The maximum atomic E-state index is 12.9. The Morgan fingerprint density at radius 3 is 2.57 bits per heavy atom. The van der Waals surface area contributed by atoms with E-state index in [1.165, 1.54) is 5.56 Å². The summed E-state index contributed by atoms with van der Waals surface area (Å²) in [6.07, 6.45) is 5.77. The minimum absolute atomic E-state index is 0.0293. The summed E-state index contributed by atoms with van der Waals surface area (Å²) in [5.74, 6) is -0.921. The van der Waals surface area contributed by atoms with E-state index in [0.29, 0.717) is 37.4 Å². The normalized spacial score (nSPS) is 17.4. The highest BCUT2D eigenvalue weighted by atomic mass is 16.5. The highest BCUT2D eigenvalue weighted by Gasteiger charge is 2.24. The second-order valence-electron chi connectivity index (χ2n) is 10.0. The molecular weight excluding hydrogens is 468 g/mol. The van der Waals surface area contributed by atoms with E-state index in [2.05, 4.69) is 31.3 Å². The van der Waals surface area contributed by atoms with Gasteiger partial charge in [0, 0.05) is 19.6 Å². The summed E-state index contributed by atoms with van der Waals surface area (Å²) in [7, 11) is 0. The fraction of sp³-hybridized carbons (Fsp3) is 0.533. The summed E-state index contributed by atoms with van der Waals surface area (Å²) in [5, 5.41) is 12.6. The number of carboxylic acids is 1. The van der Waals surface area contributed by atoms with Crippen LogP contribution in [-0.2, 0) is 22.6 Å². The summed E-state index contributed by atoms with van der Waals surface area (Å²) in [5.41, 5.74) is 4.06. The first-order valence-electron chi connectivity index (χ1n) is 13.5. The van der Waals surface area contributed by atoms with Gasteiger partial charge < -0.3 is 24.8 Å². The van der Waals surface area contributed by atoms with Crippen LogP contribution >= 0.6 is 0 Å². The van der Waals surface area contributed by atoms with Gasteiger partial charge in [-0.2, -0.15) is 0 Å². The molecular formula is C30H42N2O5. The predicted molar refractivity (Wildman–Crippen MR) is 145 cm³/mol. The molecule has 37 heavy (non-hydrogen) atoms. The number of urea groups is 1. The van der Waals surface area contributed by atoms with Gasteiger partial charge in [0.1, 0.15) is 0 Å². The van der Waals surface area contributed by atoms with Gasteiger partial charge in [0.2, 0.25) is 0 Å². The van der Waals surface area contributed by atoms with Gasteiger partial charge in [0.15, 0.2) is 0 Å². The molecule has 7 heteroatoms. The summed E-state index contributed by atoms with van der Waals surface area (Å²) >= 11 is 0. The number of ether oxygens (including phenoxy) is 2. The van der Waals surface area contributed by atoms with Crippen LogP contribution in [0.15, 0.2) is 42.5 Å². The third-order valence-corrected chi connectivity index (χ3v) is 6.89. The van der Waals surface area contributed by atoms with Crippen molar-refractivity contribution >= 4 is 12.0 Å². The second kappa shape index (κ2) is 14.7. The largest absolute Gasteiger partial charge is 0.478 e. The van der Waals surface area contributed by atoms with Crippen LogP contribution in [0, 0.1) is 13.8 Å². The maximum absolute atomic E-state index is 12.9. The first kappa shape index (κ1) is 28.7. The van der Waals surface area contributed by atoms with Crippen molar-refractivity contribution in [2.24, 2.45) is 0 Å². The molecule has 0 aliphatic heterocycles. The van der Waals surface area contributed by atoms with Crippen molar-refractivity contribution in [1.82, 2.24) is 10.2 Å². The number of carboxylic acid groups (broad SMARTS) is 1. The number of aromatic carboxylic acids is 1. The van der Waals surface area contributed by atoms with E-state index >= 15 is 0 Å². The molecule has 0 radical (unpaired) electrons. The van der Waals surface area contributed by atoms with E-state index in [0.717, 1.165) is 49.7 Å². The van der Waals surface area contributed by atoms with Crippen molar-refractivity contribution in [1.29, 1.82) is 0 Å². The SMILES string of the molecule is CCCCNC(=O)N(CCO[C@H]1CCC[C@@H](OCc2cccc(C)c2C(=O)O)C1)Cc1cccc(C)c1. The number of amides is 2. The standard InChI is InChI=1S/C30H42N2O5/c1-4-5-15-31-30(35)32(20-24-11-6-9-22(2)18-24)16-17-36-26-13-8-14-27(19-26)37-21-25-12-7-10-23(3)28(25)29(33)34/h6-7,9-12,18,26-27H,4-5,8,13-17,19-21H2,1-3H3,(H,31,35)(H,33,34)/t26-,27+/m0/s1. The zero-order valence-corrected chi connectivity index (χ0v) is 22.5. The number of nitrogens with one attached hydrogen (secondary N) is 1. The molecule has 2 aromatic rings. The zero-order chi connectivity index (χ0) is 26.6. The van der Waals surface area contributed by atoms with Crippen molar-refractivity contribution in [3.63, 3.8) is 0 Å². The molecule has 2 atom stereocenters. The Hall–Kier alpha value is -2.90. The summed E-state index contributed by atoms with van der Waals surface area (Å²) in [6, 6.07) is 13.7. The van der Waals surface area contributed by atoms with E-state index in [9.17, 15) is 14.7 Å². The van der Waals surface area contributed by atoms with Crippen LogP contribution < -0.4 is 5.32 Å². The van der Waals surface area contributed by atoms with Crippen LogP contribution in [0.1, 0.15) is 78.1 Å². The average Bonchev–Trinajstić information content (AvgIpc) is 2.87. The molecule has 0 spiro atoms. The van der Waals surface area contributed by atoms with E-state index in [1.807, 2.05) is 42.2 Å². The van der Waals surface area contributed by atoms with E-state index < -0.39 is 5.97 Å². The van der Waals surface area contributed by atoms with Crippen molar-refractivity contribution in [2.45, 2.75) is 84.7 Å². The highest BCUT2D eigenvalue weighted by molar-refractivity contribution is 5.91. The van der Waals surface area contributed by atoms with Crippen LogP contribution in [0.4, 0.5) is 4.79 Å². The number of benzene rings is 2. The molecule has 2 N–H and O–H groups in total. The zero-order valence-electron chi connectivity index (χ0n) is 22.5. The van der Waals surface area contributed by atoms with Crippen LogP contribution in [-0.4, -0.2) is 53.9 Å². The minimum Gasteiger partial charge on any atom is -0.478 e. The molecule has 1 aliphatic rings. The Labute approximate surface area is 221 Å². The smallest absolute Gasteiger partial charge is 0.336 e. The highest BCUT2D eigenvalue weighted by Crippen LogP contribution is 2.25. The first-order chi connectivity index (χ1) is 17.9. The Balaban J connectivity index is 1.51. The lowest BCUT2D eigenvalue weighted by molar-refractivity contribution is -0.0526. The molecule has 3 rings (SSSR count). The Morgan fingerprint density at radius 2 is 1.84 bits per heavy atom. The van der Waals surface area contributed by atoms with Crippen LogP contribution in [0.3, 0.4) is 0 Å². The average molecular weight is 511 g/mol. The summed E-state index contributed by atoms with van der Waals surface area (Å²) in [6.45, 7) is 8.45. The third kappa shape index (κ3) is 9.17. The number of nitrogens with zero attached hydrogens (tertiary/aromatic N) is 1. The topological polar surface area (TPSA) is 88.1 Å². The fourth-order valence-corrected chi connectivity index (χ4v) is 4.86. The number of aryl methyl sites for hydroxylation is 2. The van der Waals surface area contributed by atoms with Gasteiger partial charge in [-0.15, -0.1) is 0 Å². The van der Waals surface area contributed by atoms with Gasteiger partial charge >= 0.3 is 12.0 Å². The maximum Gasteiger partial charge on any atom is 0.336 e. The summed E-state index contributed by atoms with van der Waals surface area (Å²) < 4.78 is 12.4. The van der Waals surface area contributed by atoms with Gasteiger partial charge in [-0.25, -0.2) is 9.59 Å². The molecule has 0 unspecified atom stereocenters. The van der Waals surface area contributed by atoms with Crippen LogP contribution in [0.2, 0.25) is 0 Å². The molecule has 202 valence electrons. The van der Waals surface area contributed by atoms with E-state index in [4.69, 9.17) is 9.47 Å². The quantitative estimate of drug-likeness (QED) is 0.330. The number of rotatable bonds is 13. The number of hydrogen-bond acceptors (Lipinski definition) is 4. The van der Waals surface area contributed by atoms with Crippen LogP contribution in [0.5, 0.6) is 0 Å². The van der Waals surface area contributed by atoms with Gasteiger partial charge in [-0.05, 0) is 62.6 Å². The molecule has 0 saturated heterocycles. The molecule has 0 heterocycles. The monoisotopic (exact) mass is 510 g/mol. The van der Waals surface area contributed by atoms with Gasteiger partial charge in [-0.3, -0.25) is 0 Å². The minimum atomic E-state index is -0.921. The molecule has 7 nitrogen and oxygen atoms in total. The third-order valence-electron chi connectivity index (χ3n) is 6.89. The predicted octanol–water partition coefficient (Wildman–Crippen LogP) is 5.86. The summed E-state index contributed by atoms with van der Waals surface area (Å²) in [4.78, 5) is 26.3. The number of carbonyl (C=O) groups excluding carboxylic acids is 1. The lowest BCUT2D eigenvalue weighted by Crippen LogP contribution is -2.42. The Morgan fingerprint density at radius 1 is 1.08 bits per heavy atom. The molecule has 1 aliphatic carbocycles. The van der Waals surface area contributed by atoms with Crippen LogP contribution in [0.25, 0.3) is 0 Å². The molecule has 0 aromatic heterocycles. The molecule has 2 aromatic carbocycles. The van der Waals surface area contributed by atoms with Crippen molar-refractivity contribution in [3.8, 4) is 0 Å². The van der Waals surface area contributed by atoms with Gasteiger partial charge in [0.05, 0.1) is 31.0 Å². The van der Waals surface area contributed by atoms with E-state index in [1.54, 1.807) is 0 Å². The van der Waals surface area contributed by atoms with Gasteiger partial charge in [-0.1, -0.05) is 61.4 Å². The van der Waals surface area contributed by atoms with Crippen molar-refractivity contribution < 1.29 is 24.2 Å². The van der Waals surface area contributed by atoms with Crippen molar-refractivity contribution in [3.05, 3.63) is 70.3 Å². The lowest BCUT2D eigenvalue weighted by atomic mass is 9.94. The van der Waals surface area contributed by atoms with E-state index in [-0.39, 0.29) is 24.8 Å².